The molecule has 17 heavy (non-hydrogen) atoms. The molecule has 4 N–H and O–H groups in total. The number of nitrogens with one attached hydrogen (secondary N) is 3. The van der Waals surface area contributed by atoms with E-state index < -0.39 is 6.10 Å². The van der Waals surface area contributed by atoms with Crippen molar-refractivity contribution < 1.29 is 9.90 Å². The maximum Gasteiger partial charge on any atom is 0.272 e. The zero-order valence-electron chi connectivity index (χ0n) is 9.92. The molecule has 2 rings (SSSR count). The summed E-state index contributed by atoms with van der Waals surface area (Å²) in [7, 11) is 0. The summed E-state index contributed by atoms with van der Waals surface area (Å²) in [6.45, 7) is 3.77. The number of rotatable bonds is 4. The van der Waals surface area contributed by atoms with Gasteiger partial charge in [0.1, 0.15) is 0 Å². The van der Waals surface area contributed by atoms with Gasteiger partial charge in [-0.05, 0) is 13.3 Å². The number of hydrogen-bond donors (Lipinski definition) is 4. The van der Waals surface area contributed by atoms with Crippen molar-refractivity contribution in [3.05, 3.63) is 17.0 Å². The molecule has 6 heteroatoms. The van der Waals surface area contributed by atoms with Crippen molar-refractivity contribution in [3.8, 4) is 0 Å². The van der Waals surface area contributed by atoms with Gasteiger partial charge in [-0.15, -0.1) is 0 Å². The van der Waals surface area contributed by atoms with Crippen LogP contribution in [0.5, 0.6) is 0 Å². The molecule has 94 valence electrons. The van der Waals surface area contributed by atoms with E-state index in [9.17, 15) is 4.79 Å². The van der Waals surface area contributed by atoms with Crippen molar-refractivity contribution in [1.82, 2.24) is 20.8 Å². The molecule has 1 atom stereocenters. The van der Waals surface area contributed by atoms with Gasteiger partial charge in [0.15, 0.2) is 5.69 Å². The van der Waals surface area contributed by atoms with Crippen LogP contribution in [-0.2, 0) is 13.0 Å². The number of amides is 1. The zero-order valence-corrected chi connectivity index (χ0v) is 9.92. The average molecular weight is 238 g/mol. The van der Waals surface area contributed by atoms with Crippen LogP contribution in [0, 0.1) is 0 Å². The van der Waals surface area contributed by atoms with Crippen molar-refractivity contribution in [2.45, 2.75) is 32.4 Å². The van der Waals surface area contributed by atoms with Gasteiger partial charge in [0.2, 0.25) is 0 Å². The molecule has 1 aliphatic heterocycles. The van der Waals surface area contributed by atoms with E-state index in [-0.39, 0.29) is 5.91 Å². The number of carbonyl (C=O) groups excluding carboxylic acids is 1. The van der Waals surface area contributed by atoms with E-state index in [0.29, 0.717) is 25.2 Å². The molecule has 1 aromatic heterocycles. The number of carbonyl (C=O) groups is 1. The molecule has 1 amide bonds. The van der Waals surface area contributed by atoms with E-state index in [1.807, 2.05) is 0 Å². The van der Waals surface area contributed by atoms with Crippen LogP contribution in [-0.4, -0.2) is 40.4 Å². The Morgan fingerprint density at radius 2 is 2.47 bits per heavy atom. The summed E-state index contributed by atoms with van der Waals surface area (Å²) >= 11 is 0. The minimum Gasteiger partial charge on any atom is -0.393 e. The highest BCUT2D eigenvalue weighted by molar-refractivity contribution is 5.94. The first-order valence-corrected chi connectivity index (χ1v) is 5.91. The lowest BCUT2D eigenvalue weighted by Crippen LogP contribution is -2.30. The summed E-state index contributed by atoms with van der Waals surface area (Å²) in [6.07, 6.45) is 1.03. The number of nitrogens with zero attached hydrogens (tertiary/aromatic N) is 1. The van der Waals surface area contributed by atoms with Crippen LogP contribution < -0.4 is 10.6 Å². The molecule has 0 aromatic carbocycles. The highest BCUT2D eigenvalue weighted by Crippen LogP contribution is 2.14. The lowest BCUT2D eigenvalue weighted by molar-refractivity contribution is 0.0939. The van der Waals surface area contributed by atoms with Crippen molar-refractivity contribution in [2.24, 2.45) is 0 Å². The first-order chi connectivity index (χ1) is 8.18. The first-order valence-electron chi connectivity index (χ1n) is 5.91. The molecule has 0 fully saturated rings. The van der Waals surface area contributed by atoms with Crippen molar-refractivity contribution >= 4 is 5.91 Å². The predicted octanol–water partition coefficient (Wildman–Crippen LogP) is -0.444. The van der Waals surface area contributed by atoms with Gasteiger partial charge in [-0.25, -0.2) is 0 Å². The predicted molar refractivity (Wildman–Crippen MR) is 62.6 cm³/mol. The summed E-state index contributed by atoms with van der Waals surface area (Å²) < 4.78 is 0. The lowest BCUT2D eigenvalue weighted by Gasteiger charge is -2.13. The quantitative estimate of drug-likeness (QED) is 0.572. The molecule has 0 unspecified atom stereocenters. The van der Waals surface area contributed by atoms with Crippen LogP contribution in [0.1, 0.15) is 35.1 Å². The van der Waals surface area contributed by atoms with Crippen LogP contribution in [0.4, 0.5) is 0 Å². The second kappa shape index (κ2) is 5.29. The fourth-order valence-electron chi connectivity index (χ4n) is 1.89. The number of aromatic amines is 1. The maximum absolute atomic E-state index is 11.9. The Balaban J connectivity index is 1.97. The Morgan fingerprint density at radius 1 is 1.65 bits per heavy atom. The monoisotopic (exact) mass is 238 g/mol. The van der Waals surface area contributed by atoms with Gasteiger partial charge in [0.05, 0.1) is 6.10 Å². The van der Waals surface area contributed by atoms with Gasteiger partial charge in [-0.2, -0.15) is 5.10 Å². The van der Waals surface area contributed by atoms with Gasteiger partial charge in [0.25, 0.3) is 5.91 Å². The zero-order chi connectivity index (χ0) is 12.3. The van der Waals surface area contributed by atoms with E-state index in [2.05, 4.69) is 20.8 Å². The molecule has 1 aliphatic rings. The fraction of sp³-hybridized carbons (Fsp3) is 0.636. The van der Waals surface area contributed by atoms with Crippen LogP contribution in [0.3, 0.4) is 0 Å². The third kappa shape index (κ3) is 2.83. The normalized spacial score (nSPS) is 16.4. The molecule has 6 nitrogen and oxygen atoms in total. The molecule has 0 saturated heterocycles. The Labute approximate surface area is 99.8 Å². The maximum atomic E-state index is 11.9. The van der Waals surface area contributed by atoms with Crippen LogP contribution >= 0.6 is 0 Å². The van der Waals surface area contributed by atoms with Crippen molar-refractivity contribution in [3.63, 3.8) is 0 Å². The molecular formula is C11H18N4O2. The summed E-state index contributed by atoms with van der Waals surface area (Å²) in [4.78, 5) is 11.9. The van der Waals surface area contributed by atoms with Crippen molar-refractivity contribution in [2.75, 3.05) is 13.1 Å². The first kappa shape index (κ1) is 12.1. The molecular weight excluding hydrogens is 220 g/mol. The van der Waals surface area contributed by atoms with Gasteiger partial charge in [0, 0.05) is 37.3 Å². The molecule has 2 heterocycles. The molecule has 0 spiro atoms. The average Bonchev–Trinajstić information content (AvgIpc) is 2.72. The summed E-state index contributed by atoms with van der Waals surface area (Å²) in [5.41, 5.74) is 2.48. The third-order valence-corrected chi connectivity index (χ3v) is 2.87. The Morgan fingerprint density at radius 3 is 3.24 bits per heavy atom. The summed E-state index contributed by atoms with van der Waals surface area (Å²) in [5, 5.41) is 22.0. The van der Waals surface area contributed by atoms with Crippen LogP contribution in [0.25, 0.3) is 0 Å². The molecule has 0 bridgehead atoms. The van der Waals surface area contributed by atoms with Gasteiger partial charge in [-0.1, -0.05) is 0 Å². The molecule has 0 radical (unpaired) electrons. The minimum absolute atomic E-state index is 0.174. The lowest BCUT2D eigenvalue weighted by atomic mass is 10.1. The number of aliphatic hydroxyl groups excluding tert-OH is 1. The van der Waals surface area contributed by atoms with E-state index in [1.54, 1.807) is 6.92 Å². The van der Waals surface area contributed by atoms with E-state index in [0.717, 1.165) is 24.2 Å². The topological polar surface area (TPSA) is 90.0 Å². The van der Waals surface area contributed by atoms with E-state index in [4.69, 9.17) is 5.11 Å². The summed E-state index contributed by atoms with van der Waals surface area (Å²) in [5.74, 6) is -0.174. The molecule has 1 aromatic rings. The highest BCUT2D eigenvalue weighted by atomic mass is 16.3. The SMILES string of the molecule is C[C@@H](O)CCNC(=O)c1n[nH]c2c1CNCC2. The Hall–Kier alpha value is -1.40. The van der Waals surface area contributed by atoms with Gasteiger partial charge >= 0.3 is 0 Å². The number of aliphatic hydroxyl groups is 1. The smallest absolute Gasteiger partial charge is 0.272 e. The molecule has 0 aliphatic carbocycles. The van der Waals surface area contributed by atoms with Gasteiger partial charge in [-0.3, -0.25) is 9.89 Å². The standard InChI is InChI=1S/C11H18N4O2/c1-7(16)2-5-13-11(17)10-8-6-12-4-3-9(8)14-15-10/h7,12,16H,2-6H2,1H3,(H,13,17)(H,14,15)/t7-/m1/s1. The van der Waals surface area contributed by atoms with Crippen LogP contribution in [0.2, 0.25) is 0 Å². The Kier molecular flexibility index (Phi) is 3.75. The number of aromatic nitrogens is 2. The number of hydrogen-bond acceptors (Lipinski definition) is 4. The minimum atomic E-state index is -0.398. The fourth-order valence-corrected chi connectivity index (χ4v) is 1.89. The van der Waals surface area contributed by atoms with Crippen LogP contribution in [0.15, 0.2) is 0 Å². The second-order valence-corrected chi connectivity index (χ2v) is 4.35. The highest BCUT2D eigenvalue weighted by Gasteiger charge is 2.21. The molecule has 0 saturated carbocycles. The van der Waals surface area contributed by atoms with Gasteiger partial charge < -0.3 is 15.7 Å². The third-order valence-electron chi connectivity index (χ3n) is 2.87. The largest absolute Gasteiger partial charge is 0.393 e. The van der Waals surface area contributed by atoms with Crippen molar-refractivity contribution in [1.29, 1.82) is 0 Å². The number of fused-ring (bicyclic) bond motifs is 1. The van der Waals surface area contributed by atoms with E-state index in [1.165, 1.54) is 0 Å². The Bertz CT molecular complexity index is 400. The van der Waals surface area contributed by atoms with E-state index >= 15 is 0 Å². The number of H-pyrrole nitrogens is 1. The summed E-state index contributed by atoms with van der Waals surface area (Å²) in [6, 6.07) is 0. The second-order valence-electron chi connectivity index (χ2n) is 4.35.